The number of halogens is 5. The molecule has 0 spiro atoms. The summed E-state index contributed by atoms with van der Waals surface area (Å²) in [4.78, 5) is 89.4. The molecule has 0 aliphatic heterocycles. The number of carbonyl (C=O) groups is 6. The van der Waals surface area contributed by atoms with Crippen LogP contribution in [0.25, 0.3) is 0 Å². The Labute approximate surface area is 549 Å². The molecule has 7 N–H and O–H groups in total. The lowest BCUT2D eigenvalue weighted by molar-refractivity contribution is -0.138. The Kier molecular flexibility index (Phi) is 25.3. The van der Waals surface area contributed by atoms with Gasteiger partial charge in [-0.25, -0.2) is 18.6 Å². The fraction of sp³-hybridized carbons (Fsp3) is 0.217. The van der Waals surface area contributed by atoms with Gasteiger partial charge in [0.1, 0.15) is 51.6 Å². The molecule has 0 radical (unpaired) electrons. The van der Waals surface area contributed by atoms with Gasteiger partial charge >= 0.3 is 12.2 Å². The van der Waals surface area contributed by atoms with E-state index in [1.54, 1.807) is 110 Å². The van der Waals surface area contributed by atoms with Gasteiger partial charge in [-0.15, -0.1) is 11.3 Å². The molecular formula is C69H70F5N11O9S. The van der Waals surface area contributed by atoms with Gasteiger partial charge in [-0.1, -0.05) is 64.6 Å². The minimum Gasteiger partial charge on any atom is -0.457 e. The summed E-state index contributed by atoms with van der Waals surface area (Å²) in [5.41, 5.74) is 3.15. The Balaban J connectivity index is 0.000000224. The Morgan fingerprint density at radius 3 is 1.32 bits per heavy atom. The monoisotopic (exact) mass is 1320 g/mol. The number of urea groups is 1. The van der Waals surface area contributed by atoms with Gasteiger partial charge in [0.25, 0.3) is 23.6 Å². The van der Waals surface area contributed by atoms with Crippen LogP contribution in [0.2, 0.25) is 0 Å². The summed E-state index contributed by atoms with van der Waals surface area (Å²) in [6.45, 7) is 10.5. The minimum atomic E-state index is -4.49. The van der Waals surface area contributed by atoms with E-state index >= 15 is 0 Å². The van der Waals surface area contributed by atoms with Crippen LogP contribution in [0, 0.1) is 13.8 Å². The molecule has 9 aromatic rings. The standard InChI is InChI=1S/C23H20F3N3O3.C23H21F2N3O3.C22H25N5O3S.CH4/c1-14-3-6-16(12-19(14)23(24,25)26)29-21(30)11-15-4-7-17(8-5-15)32-18-9-10-28-20(13-18)22(31)27-2;1-23(24,25)16-5-3-4-15(12-16)13-21(29)28-17-6-8-18(9-7-17)31-19-10-11-27-20(14-19)22(30)26-2;1-13-18(22(2,3)4)31-21(25-13)27-20(29)26-14-6-8-15(9-7-14)30-16-10-11-24-17(12-16)19(28)23-5;/h3-10,12-13H,11H2,1-2H3,(H,27,31)(H,29,30);3-12,14H,13H2,1-2H3,(H,26,30)(H,28,29);6-12H,1-5H3,(H,23,28)(H2,25,26,27,29);1H4. The zero-order valence-corrected chi connectivity index (χ0v) is 53.2. The van der Waals surface area contributed by atoms with E-state index < -0.39 is 23.6 Å². The van der Waals surface area contributed by atoms with Gasteiger partial charge in [-0.3, -0.25) is 44.2 Å². The number of pyridine rings is 3. The number of rotatable bonds is 18. The number of hydrogen-bond acceptors (Lipinski definition) is 14. The van der Waals surface area contributed by atoms with E-state index in [0.29, 0.717) is 62.1 Å². The molecule has 0 aliphatic carbocycles. The minimum absolute atomic E-state index is 0. The molecule has 0 saturated heterocycles. The number of amides is 7. The molecule has 20 nitrogen and oxygen atoms in total. The molecule has 5 aromatic carbocycles. The number of alkyl halides is 5. The largest absolute Gasteiger partial charge is 0.457 e. The molecule has 0 aliphatic rings. The maximum Gasteiger partial charge on any atom is 0.416 e. The van der Waals surface area contributed by atoms with Crippen LogP contribution in [0.1, 0.15) is 105 Å². The van der Waals surface area contributed by atoms with Crippen LogP contribution in [0.15, 0.2) is 170 Å². The van der Waals surface area contributed by atoms with Gasteiger partial charge in [0.15, 0.2) is 5.13 Å². The van der Waals surface area contributed by atoms with Crippen molar-refractivity contribution in [2.75, 3.05) is 42.4 Å². The molecule has 0 unspecified atom stereocenters. The fourth-order valence-electron chi connectivity index (χ4n) is 8.62. The first-order valence-corrected chi connectivity index (χ1v) is 29.5. The van der Waals surface area contributed by atoms with Crippen molar-refractivity contribution in [1.82, 2.24) is 35.9 Å². The summed E-state index contributed by atoms with van der Waals surface area (Å²) in [6, 6.07) is 38.7. The number of thiazole rings is 1. The van der Waals surface area contributed by atoms with Gasteiger partial charge < -0.3 is 46.1 Å². The first-order chi connectivity index (χ1) is 44.5. The lowest BCUT2D eigenvalue weighted by atomic mass is 9.94. The van der Waals surface area contributed by atoms with Gasteiger partial charge in [-0.05, 0) is 133 Å². The SMILES string of the molecule is C.CNC(=O)c1cc(Oc2ccc(CC(=O)Nc3ccc(C)c(C(F)(F)F)c3)cc2)ccn1.CNC(=O)c1cc(Oc2ccc(NC(=O)Cc3cccc(C(C)(F)F)c3)cc2)ccn1.CNC(=O)c1cc(Oc2ccc(NC(=O)Nc3nc(C)c(C(C)(C)C)s3)cc2)ccn1. The van der Waals surface area contributed by atoms with Gasteiger partial charge in [0.05, 0.1) is 24.1 Å². The van der Waals surface area contributed by atoms with Crippen LogP contribution in [0.3, 0.4) is 0 Å². The summed E-state index contributed by atoms with van der Waals surface area (Å²) >= 11 is 1.48. The Morgan fingerprint density at radius 1 is 0.474 bits per heavy atom. The second-order valence-corrected chi connectivity index (χ2v) is 22.7. The second kappa shape index (κ2) is 32.9. The highest BCUT2D eigenvalue weighted by Crippen LogP contribution is 2.36. The predicted molar refractivity (Wildman–Crippen MR) is 354 cm³/mol. The molecule has 4 heterocycles. The van der Waals surface area contributed by atoms with E-state index in [4.69, 9.17) is 14.2 Å². The topological polar surface area (TPSA) is 266 Å². The van der Waals surface area contributed by atoms with Crippen LogP contribution < -0.4 is 51.4 Å². The van der Waals surface area contributed by atoms with Crippen LogP contribution >= 0.6 is 11.3 Å². The van der Waals surface area contributed by atoms with Crippen molar-refractivity contribution >= 4 is 69.1 Å². The zero-order valence-electron chi connectivity index (χ0n) is 52.3. The summed E-state index contributed by atoms with van der Waals surface area (Å²) in [5.74, 6) is -1.78. The highest BCUT2D eigenvalue weighted by Gasteiger charge is 2.33. The number of nitrogens with zero attached hydrogens (tertiary/aromatic N) is 4. The van der Waals surface area contributed by atoms with Gasteiger partial charge in [-0.2, -0.15) is 13.2 Å². The first-order valence-electron chi connectivity index (χ1n) is 28.7. The number of hydrogen-bond donors (Lipinski definition) is 7. The summed E-state index contributed by atoms with van der Waals surface area (Å²) < 4.78 is 83.2. The number of carbonyl (C=O) groups excluding carboxylic acids is 6. The molecule has 9 rings (SSSR count). The molecule has 0 fully saturated rings. The average molecular weight is 1320 g/mol. The lowest BCUT2D eigenvalue weighted by Gasteiger charge is -2.16. The van der Waals surface area contributed by atoms with Crippen LogP contribution in [-0.2, 0) is 39.9 Å². The van der Waals surface area contributed by atoms with Crippen molar-refractivity contribution in [1.29, 1.82) is 0 Å². The average Bonchev–Trinajstić information content (AvgIpc) is 1.94. The Hall–Kier alpha value is -11.2. The quantitative estimate of drug-likeness (QED) is 0.0395. The third kappa shape index (κ3) is 22.3. The smallest absolute Gasteiger partial charge is 0.416 e. The zero-order chi connectivity index (χ0) is 68.3. The molecule has 7 amide bonds. The number of aromatic nitrogens is 4. The molecule has 0 saturated carbocycles. The lowest BCUT2D eigenvalue weighted by Crippen LogP contribution is -2.19. The Morgan fingerprint density at radius 2 is 0.895 bits per heavy atom. The normalized spacial score (nSPS) is 10.9. The third-order valence-electron chi connectivity index (χ3n) is 13.1. The van der Waals surface area contributed by atoms with E-state index in [2.05, 4.69) is 77.9 Å². The van der Waals surface area contributed by atoms with Crippen molar-refractivity contribution < 1.29 is 64.9 Å². The summed E-state index contributed by atoms with van der Waals surface area (Å²) in [6.07, 6.45) is -0.110. The van der Waals surface area contributed by atoms with Gasteiger partial charge in [0, 0.05) is 92.4 Å². The second-order valence-electron chi connectivity index (χ2n) is 21.7. The molecule has 4 aromatic heterocycles. The number of nitrogens with one attached hydrogen (secondary N) is 7. The molecule has 0 atom stereocenters. The van der Waals surface area contributed by atoms with Crippen molar-refractivity contribution in [3.8, 4) is 34.5 Å². The number of aryl methyl sites for hydroxylation is 2. The van der Waals surface area contributed by atoms with Crippen LogP contribution in [-0.4, -0.2) is 76.6 Å². The van der Waals surface area contributed by atoms with E-state index in [1.807, 2.05) is 6.92 Å². The molecule has 95 heavy (non-hydrogen) atoms. The van der Waals surface area contributed by atoms with Crippen LogP contribution in [0.5, 0.6) is 34.5 Å². The maximum absolute atomic E-state index is 13.5. The van der Waals surface area contributed by atoms with Crippen LogP contribution in [0.4, 0.5) is 48.9 Å². The molecule has 26 heteroatoms. The van der Waals surface area contributed by atoms with E-state index in [-0.39, 0.29) is 89.2 Å². The van der Waals surface area contributed by atoms with E-state index in [9.17, 15) is 50.7 Å². The van der Waals surface area contributed by atoms with Crippen molar-refractivity contribution in [3.05, 3.63) is 226 Å². The van der Waals surface area contributed by atoms with Crippen molar-refractivity contribution in [2.45, 2.75) is 79.3 Å². The number of ether oxygens (including phenoxy) is 3. The van der Waals surface area contributed by atoms with Crippen molar-refractivity contribution in [2.24, 2.45) is 0 Å². The summed E-state index contributed by atoms with van der Waals surface area (Å²) in [5, 5.41) is 18.8. The predicted octanol–water partition coefficient (Wildman–Crippen LogP) is 14.8. The number of anilines is 4. The Bertz CT molecular complexity index is 4140. The molecule has 496 valence electrons. The third-order valence-corrected chi connectivity index (χ3v) is 14.6. The first kappa shape index (κ1) is 72.9. The molecule has 0 bridgehead atoms. The molecular weight excluding hydrogens is 1250 g/mol. The highest BCUT2D eigenvalue weighted by atomic mass is 32.1. The van der Waals surface area contributed by atoms with E-state index in [1.165, 1.54) is 93.4 Å². The number of benzene rings is 5. The van der Waals surface area contributed by atoms with Crippen molar-refractivity contribution in [3.63, 3.8) is 0 Å². The fourth-order valence-corrected chi connectivity index (χ4v) is 9.64. The van der Waals surface area contributed by atoms with E-state index in [0.717, 1.165) is 23.6 Å². The maximum atomic E-state index is 13.5. The highest BCUT2D eigenvalue weighted by molar-refractivity contribution is 7.16. The van der Waals surface area contributed by atoms with Gasteiger partial charge in [0.2, 0.25) is 11.8 Å². The summed E-state index contributed by atoms with van der Waals surface area (Å²) in [7, 11) is 4.55.